The maximum absolute atomic E-state index is 11.8. The van der Waals surface area contributed by atoms with Crippen molar-refractivity contribution in [3.05, 3.63) is 35.9 Å². The zero-order valence-electron chi connectivity index (χ0n) is 12.3. The molecule has 5 nitrogen and oxygen atoms in total. The molecular formula is C15H22N2O3S. The minimum Gasteiger partial charge on any atom is -0.338 e. The fourth-order valence-corrected chi connectivity index (χ4v) is 3.60. The number of hydrogen-bond acceptors (Lipinski definition) is 3. The summed E-state index contributed by atoms with van der Waals surface area (Å²) in [6, 6.07) is 9.96. The molecule has 0 atom stereocenters. The van der Waals surface area contributed by atoms with Crippen molar-refractivity contribution in [2.75, 3.05) is 25.4 Å². The molecule has 1 fully saturated rings. The van der Waals surface area contributed by atoms with Crippen LogP contribution in [0.2, 0.25) is 0 Å². The third-order valence-corrected chi connectivity index (χ3v) is 5.93. The van der Waals surface area contributed by atoms with E-state index in [1.165, 1.54) is 5.56 Å². The van der Waals surface area contributed by atoms with Gasteiger partial charge in [-0.3, -0.25) is 0 Å². The van der Waals surface area contributed by atoms with E-state index >= 15 is 0 Å². The number of aryl methyl sites for hydroxylation is 1. The number of benzene rings is 1. The highest BCUT2D eigenvalue weighted by atomic mass is 32.2. The van der Waals surface area contributed by atoms with Crippen LogP contribution in [0.1, 0.15) is 18.9 Å². The summed E-state index contributed by atoms with van der Waals surface area (Å²) in [5, 5.41) is 2.46. The van der Waals surface area contributed by atoms with E-state index in [0.717, 1.165) is 12.8 Å². The Morgan fingerprint density at radius 3 is 2.57 bits per heavy atom. The lowest BCUT2D eigenvalue weighted by Gasteiger charge is -2.38. The van der Waals surface area contributed by atoms with Gasteiger partial charge < -0.3 is 10.2 Å². The van der Waals surface area contributed by atoms with E-state index in [4.69, 9.17) is 0 Å². The van der Waals surface area contributed by atoms with Gasteiger partial charge in [0.1, 0.15) is 0 Å². The quantitative estimate of drug-likeness (QED) is 0.809. The van der Waals surface area contributed by atoms with E-state index in [9.17, 15) is 13.2 Å². The zero-order valence-corrected chi connectivity index (χ0v) is 13.1. The molecule has 1 heterocycles. The van der Waals surface area contributed by atoms with Gasteiger partial charge in [-0.15, -0.1) is 0 Å². The van der Waals surface area contributed by atoms with Gasteiger partial charge in [-0.1, -0.05) is 37.3 Å². The van der Waals surface area contributed by atoms with Crippen LogP contribution < -0.4 is 5.32 Å². The van der Waals surface area contributed by atoms with Gasteiger partial charge in [0, 0.05) is 25.4 Å². The number of carbonyl (C=O) groups is 1. The second-order valence-corrected chi connectivity index (χ2v) is 7.87. The predicted molar refractivity (Wildman–Crippen MR) is 83.0 cm³/mol. The topological polar surface area (TPSA) is 66.5 Å². The molecule has 21 heavy (non-hydrogen) atoms. The second kappa shape index (κ2) is 6.93. The second-order valence-electron chi connectivity index (χ2n) is 5.30. The van der Waals surface area contributed by atoms with Gasteiger partial charge in [-0.05, 0) is 18.4 Å². The standard InChI is InChI=1S/C15H22N2O3S/c1-2-21(19,20)14-11-17(12-14)15(18)16-10-6-9-13-7-4-3-5-8-13/h3-5,7-8,14H,2,6,9-12H2,1H3,(H,16,18). The number of urea groups is 1. The summed E-state index contributed by atoms with van der Waals surface area (Å²) in [5.41, 5.74) is 1.25. The van der Waals surface area contributed by atoms with Crippen LogP contribution in [0.25, 0.3) is 0 Å². The molecule has 0 unspecified atom stereocenters. The molecule has 0 radical (unpaired) electrons. The van der Waals surface area contributed by atoms with Crippen LogP contribution in [0.4, 0.5) is 4.79 Å². The molecule has 1 aromatic rings. The molecule has 0 saturated carbocycles. The van der Waals surface area contributed by atoms with Crippen LogP contribution in [0.3, 0.4) is 0 Å². The first-order valence-electron chi connectivity index (χ1n) is 7.31. The summed E-state index contributed by atoms with van der Waals surface area (Å²) in [6.45, 7) is 2.89. The van der Waals surface area contributed by atoms with Gasteiger partial charge in [-0.2, -0.15) is 0 Å². The van der Waals surface area contributed by atoms with Crippen LogP contribution in [0.15, 0.2) is 30.3 Å². The van der Waals surface area contributed by atoms with Gasteiger partial charge in [0.25, 0.3) is 0 Å². The van der Waals surface area contributed by atoms with E-state index < -0.39 is 9.84 Å². The van der Waals surface area contributed by atoms with Gasteiger partial charge >= 0.3 is 6.03 Å². The maximum atomic E-state index is 11.8. The van der Waals surface area contributed by atoms with E-state index in [-0.39, 0.29) is 17.0 Å². The highest BCUT2D eigenvalue weighted by molar-refractivity contribution is 7.92. The number of sulfone groups is 1. The summed E-state index contributed by atoms with van der Waals surface area (Å²) >= 11 is 0. The van der Waals surface area contributed by atoms with Crippen LogP contribution in [0, 0.1) is 0 Å². The first kappa shape index (κ1) is 15.8. The van der Waals surface area contributed by atoms with E-state index in [1.54, 1.807) is 11.8 Å². The number of hydrogen-bond donors (Lipinski definition) is 1. The SMILES string of the molecule is CCS(=O)(=O)C1CN(C(=O)NCCCc2ccccc2)C1. The van der Waals surface area contributed by atoms with Crippen molar-refractivity contribution < 1.29 is 13.2 Å². The summed E-state index contributed by atoms with van der Waals surface area (Å²) in [4.78, 5) is 13.4. The zero-order chi connectivity index (χ0) is 15.3. The molecular weight excluding hydrogens is 288 g/mol. The van der Waals surface area contributed by atoms with Crippen LogP contribution in [-0.4, -0.2) is 50.0 Å². The minimum atomic E-state index is -3.01. The Hall–Kier alpha value is -1.56. The Bertz CT molecular complexity index is 566. The van der Waals surface area contributed by atoms with Crippen LogP contribution in [-0.2, 0) is 16.3 Å². The van der Waals surface area contributed by atoms with Crippen molar-refractivity contribution in [2.45, 2.75) is 25.0 Å². The number of likely N-dealkylation sites (tertiary alicyclic amines) is 1. The molecule has 0 spiro atoms. The van der Waals surface area contributed by atoms with Crippen molar-refractivity contribution in [1.82, 2.24) is 10.2 Å². The summed E-state index contributed by atoms with van der Waals surface area (Å²) < 4.78 is 23.2. The highest BCUT2D eigenvalue weighted by Gasteiger charge is 2.38. The average molecular weight is 310 g/mol. The molecule has 0 aliphatic carbocycles. The molecule has 2 rings (SSSR count). The van der Waals surface area contributed by atoms with Crippen molar-refractivity contribution in [1.29, 1.82) is 0 Å². The molecule has 1 aromatic carbocycles. The molecule has 2 amide bonds. The third kappa shape index (κ3) is 4.20. The number of nitrogens with zero attached hydrogens (tertiary/aromatic N) is 1. The molecule has 1 aliphatic rings. The molecule has 1 N–H and O–H groups in total. The fraction of sp³-hybridized carbons (Fsp3) is 0.533. The summed E-state index contributed by atoms with van der Waals surface area (Å²) in [6.07, 6.45) is 1.80. The van der Waals surface area contributed by atoms with Crippen LogP contribution >= 0.6 is 0 Å². The highest BCUT2D eigenvalue weighted by Crippen LogP contribution is 2.16. The van der Waals surface area contributed by atoms with Gasteiger partial charge in [0.15, 0.2) is 9.84 Å². The molecule has 0 bridgehead atoms. The normalized spacial score (nSPS) is 15.6. The first-order chi connectivity index (χ1) is 10.0. The average Bonchev–Trinajstić information content (AvgIpc) is 2.43. The third-order valence-electron chi connectivity index (χ3n) is 3.81. The Balaban J connectivity index is 1.63. The van der Waals surface area contributed by atoms with E-state index in [2.05, 4.69) is 17.4 Å². The first-order valence-corrected chi connectivity index (χ1v) is 9.02. The Morgan fingerprint density at radius 2 is 1.95 bits per heavy atom. The van der Waals surface area contributed by atoms with Crippen LogP contribution in [0.5, 0.6) is 0 Å². The number of rotatable bonds is 6. The van der Waals surface area contributed by atoms with Crippen molar-refractivity contribution in [3.8, 4) is 0 Å². The monoisotopic (exact) mass is 310 g/mol. The van der Waals surface area contributed by atoms with Crippen molar-refractivity contribution in [3.63, 3.8) is 0 Å². The largest absolute Gasteiger partial charge is 0.338 e. The lowest BCUT2D eigenvalue weighted by atomic mass is 10.1. The lowest BCUT2D eigenvalue weighted by molar-refractivity contribution is 0.169. The number of nitrogens with one attached hydrogen (secondary N) is 1. The van der Waals surface area contributed by atoms with Gasteiger partial charge in [0.05, 0.1) is 5.25 Å². The molecule has 6 heteroatoms. The lowest BCUT2D eigenvalue weighted by Crippen LogP contribution is -2.59. The maximum Gasteiger partial charge on any atom is 0.317 e. The fourth-order valence-electron chi connectivity index (χ4n) is 2.31. The van der Waals surface area contributed by atoms with Gasteiger partial charge in [0.2, 0.25) is 0 Å². The Morgan fingerprint density at radius 1 is 1.29 bits per heavy atom. The smallest absolute Gasteiger partial charge is 0.317 e. The van der Waals surface area contributed by atoms with Gasteiger partial charge in [-0.25, -0.2) is 13.2 Å². The molecule has 116 valence electrons. The van der Waals surface area contributed by atoms with E-state index in [0.29, 0.717) is 19.6 Å². The van der Waals surface area contributed by atoms with Crippen molar-refractivity contribution in [2.24, 2.45) is 0 Å². The molecule has 1 aliphatic heterocycles. The Labute approximate surface area is 126 Å². The molecule has 1 saturated heterocycles. The summed E-state index contributed by atoms with van der Waals surface area (Å²) in [5.74, 6) is 0.143. The minimum absolute atomic E-state index is 0.143. The molecule has 0 aromatic heterocycles. The van der Waals surface area contributed by atoms with Crippen molar-refractivity contribution >= 4 is 15.9 Å². The predicted octanol–water partition coefficient (Wildman–Crippen LogP) is 1.45. The number of carbonyl (C=O) groups excluding carboxylic acids is 1. The number of amides is 2. The Kier molecular flexibility index (Phi) is 5.22. The summed E-state index contributed by atoms with van der Waals surface area (Å²) in [7, 11) is -3.01. The van der Waals surface area contributed by atoms with E-state index in [1.807, 2.05) is 18.2 Å².